The van der Waals surface area contributed by atoms with Crippen LogP contribution in [-0.2, 0) is 21.4 Å². The van der Waals surface area contributed by atoms with Gasteiger partial charge in [0.25, 0.3) is 0 Å². The first kappa shape index (κ1) is 18.4. The van der Waals surface area contributed by atoms with Crippen molar-refractivity contribution >= 4 is 17.6 Å². The molecule has 1 aliphatic heterocycles. The Hall–Kier alpha value is -1.89. The van der Waals surface area contributed by atoms with Gasteiger partial charge in [-0.05, 0) is 53.6 Å². The lowest BCUT2D eigenvalue weighted by molar-refractivity contribution is -0.149. The Labute approximate surface area is 143 Å². The summed E-state index contributed by atoms with van der Waals surface area (Å²) in [7, 11) is 1.86. The first-order valence-corrected chi connectivity index (χ1v) is 8.56. The van der Waals surface area contributed by atoms with Gasteiger partial charge in [-0.2, -0.15) is 5.10 Å². The molecule has 7 heteroatoms. The molecule has 1 aromatic rings. The van der Waals surface area contributed by atoms with Gasteiger partial charge in [0.15, 0.2) is 0 Å². The van der Waals surface area contributed by atoms with E-state index in [0.717, 1.165) is 43.0 Å². The molecule has 1 amide bonds. The SMILES string of the molecule is CCOC(=O)C1CCN([C@@H](C)C(=O)Nc2c(C)nn(C)c2C)CC1. The molecule has 0 unspecified atom stereocenters. The second-order valence-corrected chi connectivity index (χ2v) is 6.40. The molecule has 0 bridgehead atoms. The third-order valence-corrected chi connectivity index (χ3v) is 4.83. The molecule has 134 valence electrons. The molecule has 7 nitrogen and oxygen atoms in total. The van der Waals surface area contributed by atoms with Gasteiger partial charge in [-0.3, -0.25) is 19.2 Å². The van der Waals surface area contributed by atoms with Crippen LogP contribution in [0.25, 0.3) is 0 Å². The average Bonchev–Trinajstić information content (AvgIpc) is 2.80. The summed E-state index contributed by atoms with van der Waals surface area (Å²) in [6, 6.07) is -0.243. The number of anilines is 1. The quantitative estimate of drug-likeness (QED) is 0.827. The number of aryl methyl sites for hydroxylation is 2. The number of carbonyl (C=O) groups excluding carboxylic acids is 2. The lowest BCUT2D eigenvalue weighted by Gasteiger charge is -2.34. The molecule has 2 rings (SSSR count). The van der Waals surface area contributed by atoms with Crippen molar-refractivity contribution in [3.05, 3.63) is 11.4 Å². The van der Waals surface area contributed by atoms with E-state index >= 15 is 0 Å². The van der Waals surface area contributed by atoms with Gasteiger partial charge in [-0.25, -0.2) is 0 Å². The minimum absolute atomic E-state index is 0.0382. The fourth-order valence-electron chi connectivity index (χ4n) is 3.13. The second-order valence-electron chi connectivity index (χ2n) is 6.40. The van der Waals surface area contributed by atoms with Gasteiger partial charge in [0.05, 0.1) is 35.6 Å². The number of hydrogen-bond acceptors (Lipinski definition) is 5. The molecular weight excluding hydrogens is 308 g/mol. The molecule has 24 heavy (non-hydrogen) atoms. The van der Waals surface area contributed by atoms with Crippen molar-refractivity contribution in [1.29, 1.82) is 0 Å². The predicted octanol–water partition coefficient (Wildman–Crippen LogP) is 1.64. The van der Waals surface area contributed by atoms with Gasteiger partial charge in [-0.1, -0.05) is 0 Å². The zero-order valence-corrected chi connectivity index (χ0v) is 15.3. The molecule has 1 N–H and O–H groups in total. The molecule has 1 aromatic heterocycles. The molecule has 0 spiro atoms. The number of piperidine rings is 1. The van der Waals surface area contributed by atoms with E-state index in [9.17, 15) is 9.59 Å². The Morgan fingerprint density at radius 2 is 1.96 bits per heavy atom. The summed E-state index contributed by atoms with van der Waals surface area (Å²) in [6.07, 6.45) is 1.48. The maximum absolute atomic E-state index is 12.6. The number of carbonyl (C=O) groups is 2. The second kappa shape index (κ2) is 7.79. The Balaban J connectivity index is 1.91. The molecule has 0 aliphatic carbocycles. The Morgan fingerprint density at radius 1 is 1.33 bits per heavy atom. The van der Waals surface area contributed by atoms with E-state index in [4.69, 9.17) is 4.74 Å². The zero-order valence-electron chi connectivity index (χ0n) is 15.3. The number of rotatable bonds is 5. The highest BCUT2D eigenvalue weighted by atomic mass is 16.5. The minimum Gasteiger partial charge on any atom is -0.466 e. The molecule has 1 saturated heterocycles. The van der Waals surface area contributed by atoms with Crippen molar-refractivity contribution in [2.24, 2.45) is 13.0 Å². The fraction of sp³-hybridized carbons (Fsp3) is 0.706. The molecule has 1 atom stereocenters. The van der Waals surface area contributed by atoms with Gasteiger partial charge in [-0.15, -0.1) is 0 Å². The van der Waals surface area contributed by atoms with Crippen LogP contribution in [0, 0.1) is 19.8 Å². The summed E-state index contributed by atoms with van der Waals surface area (Å²) in [6.45, 7) is 9.42. The average molecular weight is 336 g/mol. The maximum Gasteiger partial charge on any atom is 0.309 e. The van der Waals surface area contributed by atoms with Gasteiger partial charge in [0, 0.05) is 7.05 Å². The van der Waals surface area contributed by atoms with Crippen LogP contribution < -0.4 is 5.32 Å². The van der Waals surface area contributed by atoms with Crippen molar-refractivity contribution in [1.82, 2.24) is 14.7 Å². The van der Waals surface area contributed by atoms with Crippen molar-refractivity contribution < 1.29 is 14.3 Å². The predicted molar refractivity (Wildman–Crippen MR) is 91.7 cm³/mol. The summed E-state index contributed by atoms with van der Waals surface area (Å²) in [5, 5.41) is 7.31. The summed E-state index contributed by atoms with van der Waals surface area (Å²) < 4.78 is 6.85. The van der Waals surface area contributed by atoms with Gasteiger partial charge >= 0.3 is 5.97 Å². The fourth-order valence-corrected chi connectivity index (χ4v) is 3.13. The standard InChI is InChI=1S/C17H28N4O3/c1-6-24-17(23)14-7-9-21(10-8-14)13(4)16(22)18-15-11(2)19-20(5)12(15)3/h13-14H,6-10H2,1-5H3,(H,18,22)/t13-/m0/s1. The van der Waals surface area contributed by atoms with Crippen LogP contribution >= 0.6 is 0 Å². The molecule has 0 saturated carbocycles. The van der Waals surface area contributed by atoms with E-state index in [1.54, 1.807) is 4.68 Å². The number of hydrogen-bond donors (Lipinski definition) is 1. The number of aromatic nitrogens is 2. The van der Waals surface area contributed by atoms with Crippen LogP contribution in [0.4, 0.5) is 5.69 Å². The van der Waals surface area contributed by atoms with Crippen LogP contribution in [0.3, 0.4) is 0 Å². The highest BCUT2D eigenvalue weighted by Crippen LogP contribution is 2.22. The van der Waals surface area contributed by atoms with E-state index in [0.29, 0.717) is 6.61 Å². The summed E-state index contributed by atoms with van der Waals surface area (Å²) in [4.78, 5) is 26.5. The number of nitrogens with one attached hydrogen (secondary N) is 1. The van der Waals surface area contributed by atoms with Crippen LogP contribution in [0.1, 0.15) is 38.1 Å². The molecule has 1 fully saturated rings. The summed E-state index contributed by atoms with van der Waals surface area (Å²) in [5.74, 6) is -0.195. The normalized spacial score (nSPS) is 17.5. The van der Waals surface area contributed by atoms with Crippen molar-refractivity contribution in [3.8, 4) is 0 Å². The van der Waals surface area contributed by atoms with Crippen molar-refractivity contribution in [3.63, 3.8) is 0 Å². The Kier molecular flexibility index (Phi) is 5.99. The number of esters is 1. The number of amides is 1. The highest BCUT2D eigenvalue weighted by molar-refractivity contribution is 5.95. The van der Waals surface area contributed by atoms with E-state index in [1.807, 2.05) is 34.7 Å². The van der Waals surface area contributed by atoms with E-state index in [2.05, 4.69) is 15.3 Å². The van der Waals surface area contributed by atoms with Crippen LogP contribution in [0.5, 0.6) is 0 Å². The van der Waals surface area contributed by atoms with Crippen molar-refractivity contribution in [2.75, 3.05) is 25.0 Å². The number of nitrogens with zero attached hydrogens (tertiary/aromatic N) is 3. The zero-order chi connectivity index (χ0) is 17.9. The third-order valence-electron chi connectivity index (χ3n) is 4.83. The molecular formula is C17H28N4O3. The summed E-state index contributed by atoms with van der Waals surface area (Å²) in [5.41, 5.74) is 2.54. The molecule has 0 radical (unpaired) electrons. The summed E-state index contributed by atoms with van der Waals surface area (Å²) >= 11 is 0. The number of likely N-dealkylation sites (tertiary alicyclic amines) is 1. The van der Waals surface area contributed by atoms with Crippen LogP contribution in [0.15, 0.2) is 0 Å². The smallest absolute Gasteiger partial charge is 0.309 e. The first-order chi connectivity index (χ1) is 11.3. The minimum atomic E-state index is -0.243. The maximum atomic E-state index is 12.6. The molecule has 1 aliphatic rings. The third kappa shape index (κ3) is 3.95. The van der Waals surface area contributed by atoms with Gasteiger partial charge in [0.2, 0.25) is 5.91 Å². The van der Waals surface area contributed by atoms with Crippen LogP contribution in [-0.4, -0.2) is 52.3 Å². The van der Waals surface area contributed by atoms with Crippen molar-refractivity contribution in [2.45, 2.75) is 46.6 Å². The first-order valence-electron chi connectivity index (χ1n) is 8.56. The van der Waals surface area contributed by atoms with Crippen LogP contribution in [0.2, 0.25) is 0 Å². The van der Waals surface area contributed by atoms with E-state index in [1.165, 1.54) is 0 Å². The Morgan fingerprint density at radius 3 is 2.46 bits per heavy atom. The molecule has 2 heterocycles. The lowest BCUT2D eigenvalue weighted by Crippen LogP contribution is -2.47. The monoisotopic (exact) mass is 336 g/mol. The largest absolute Gasteiger partial charge is 0.466 e. The molecule has 0 aromatic carbocycles. The number of ether oxygens (including phenoxy) is 1. The van der Waals surface area contributed by atoms with E-state index in [-0.39, 0.29) is 23.8 Å². The highest BCUT2D eigenvalue weighted by Gasteiger charge is 2.30. The Bertz CT molecular complexity index is 603. The van der Waals surface area contributed by atoms with Gasteiger partial charge < -0.3 is 10.1 Å². The van der Waals surface area contributed by atoms with E-state index < -0.39 is 0 Å². The topological polar surface area (TPSA) is 76.5 Å². The van der Waals surface area contributed by atoms with Gasteiger partial charge in [0.1, 0.15) is 0 Å². The lowest BCUT2D eigenvalue weighted by atomic mass is 9.96.